The molecule has 1 aromatic carbocycles. The SMILES string of the molecule is CCCCCCC(Nc1ncccc1C)c1ccc(C(F)(F)F)cc1. The molecule has 2 aromatic rings. The Bertz CT molecular complexity index is 651. The summed E-state index contributed by atoms with van der Waals surface area (Å²) in [4.78, 5) is 4.35. The third-order valence-corrected chi connectivity index (χ3v) is 4.31. The van der Waals surface area contributed by atoms with Gasteiger partial charge in [-0.1, -0.05) is 50.8 Å². The van der Waals surface area contributed by atoms with Crippen LogP contribution in [0.2, 0.25) is 0 Å². The lowest BCUT2D eigenvalue weighted by molar-refractivity contribution is -0.137. The largest absolute Gasteiger partial charge is 0.416 e. The molecular weight excluding hydrogens is 325 g/mol. The quantitative estimate of drug-likeness (QED) is 0.547. The summed E-state index contributed by atoms with van der Waals surface area (Å²) in [5.74, 6) is 0.780. The van der Waals surface area contributed by atoms with E-state index in [2.05, 4.69) is 17.2 Å². The van der Waals surface area contributed by atoms with E-state index >= 15 is 0 Å². The molecule has 0 fully saturated rings. The maximum absolute atomic E-state index is 12.8. The highest BCUT2D eigenvalue weighted by Gasteiger charge is 2.30. The van der Waals surface area contributed by atoms with Crippen LogP contribution in [0.5, 0.6) is 0 Å². The zero-order valence-electron chi connectivity index (χ0n) is 14.7. The van der Waals surface area contributed by atoms with Crippen molar-refractivity contribution in [2.45, 2.75) is 58.2 Å². The Morgan fingerprint density at radius 3 is 2.36 bits per heavy atom. The van der Waals surface area contributed by atoms with Crippen LogP contribution in [0.3, 0.4) is 0 Å². The van der Waals surface area contributed by atoms with Crippen molar-refractivity contribution < 1.29 is 13.2 Å². The molecule has 0 aliphatic heterocycles. The maximum atomic E-state index is 12.8. The topological polar surface area (TPSA) is 24.9 Å². The van der Waals surface area contributed by atoms with Crippen molar-refractivity contribution in [3.8, 4) is 0 Å². The third-order valence-electron chi connectivity index (χ3n) is 4.31. The second kappa shape index (κ2) is 8.88. The van der Waals surface area contributed by atoms with Crippen LogP contribution in [0.15, 0.2) is 42.6 Å². The number of pyridine rings is 1. The normalized spacial score (nSPS) is 12.8. The van der Waals surface area contributed by atoms with Gasteiger partial charge in [0, 0.05) is 6.20 Å². The molecule has 0 bridgehead atoms. The fraction of sp³-hybridized carbons (Fsp3) is 0.450. The Hall–Kier alpha value is -2.04. The number of hydrogen-bond acceptors (Lipinski definition) is 2. The van der Waals surface area contributed by atoms with Crippen molar-refractivity contribution in [1.82, 2.24) is 4.98 Å². The number of unbranched alkanes of at least 4 members (excludes halogenated alkanes) is 3. The highest BCUT2D eigenvalue weighted by molar-refractivity contribution is 5.45. The van der Waals surface area contributed by atoms with E-state index in [1.54, 1.807) is 18.3 Å². The molecule has 0 spiro atoms. The van der Waals surface area contributed by atoms with E-state index in [9.17, 15) is 13.2 Å². The highest BCUT2D eigenvalue weighted by Crippen LogP contribution is 2.31. The summed E-state index contributed by atoms with van der Waals surface area (Å²) in [5, 5.41) is 3.41. The van der Waals surface area contributed by atoms with Crippen LogP contribution in [0.25, 0.3) is 0 Å². The summed E-state index contributed by atoms with van der Waals surface area (Å²) in [5.41, 5.74) is 1.26. The van der Waals surface area contributed by atoms with Gasteiger partial charge >= 0.3 is 6.18 Å². The van der Waals surface area contributed by atoms with Crippen LogP contribution in [-0.4, -0.2) is 4.98 Å². The fourth-order valence-corrected chi connectivity index (χ4v) is 2.80. The highest BCUT2D eigenvalue weighted by atomic mass is 19.4. The van der Waals surface area contributed by atoms with Gasteiger partial charge < -0.3 is 5.32 Å². The van der Waals surface area contributed by atoms with Gasteiger partial charge in [0.05, 0.1) is 11.6 Å². The molecule has 1 heterocycles. The first kappa shape index (κ1) is 19.3. The summed E-state index contributed by atoms with van der Waals surface area (Å²) in [6, 6.07) is 9.23. The predicted octanol–water partition coefficient (Wildman–Crippen LogP) is 6.53. The molecule has 1 N–H and O–H groups in total. The lowest BCUT2D eigenvalue weighted by atomic mass is 9.98. The number of nitrogens with zero attached hydrogens (tertiary/aromatic N) is 1. The van der Waals surface area contributed by atoms with Crippen molar-refractivity contribution >= 4 is 5.82 Å². The second-order valence-corrected chi connectivity index (χ2v) is 6.33. The molecular formula is C20H25F3N2. The van der Waals surface area contributed by atoms with E-state index in [0.717, 1.165) is 54.8 Å². The zero-order valence-corrected chi connectivity index (χ0v) is 14.7. The van der Waals surface area contributed by atoms with Crippen molar-refractivity contribution in [3.63, 3.8) is 0 Å². The Kier molecular flexibility index (Phi) is 6.85. The van der Waals surface area contributed by atoms with Gasteiger partial charge in [0.1, 0.15) is 5.82 Å². The minimum absolute atomic E-state index is 0.0484. The lowest BCUT2D eigenvalue weighted by Gasteiger charge is -2.21. The van der Waals surface area contributed by atoms with Crippen LogP contribution < -0.4 is 5.32 Å². The van der Waals surface area contributed by atoms with Crippen LogP contribution in [0.4, 0.5) is 19.0 Å². The molecule has 0 aliphatic carbocycles. The zero-order chi connectivity index (χ0) is 18.3. The average molecular weight is 350 g/mol. The van der Waals surface area contributed by atoms with E-state index in [1.807, 2.05) is 19.1 Å². The second-order valence-electron chi connectivity index (χ2n) is 6.33. The number of nitrogens with one attached hydrogen (secondary N) is 1. The van der Waals surface area contributed by atoms with Crippen molar-refractivity contribution in [2.75, 3.05) is 5.32 Å². The molecule has 1 unspecified atom stereocenters. The number of hydrogen-bond donors (Lipinski definition) is 1. The minimum Gasteiger partial charge on any atom is -0.363 e. The number of halogens is 3. The minimum atomic E-state index is -4.31. The van der Waals surface area contributed by atoms with Gasteiger partial charge in [0.2, 0.25) is 0 Å². The van der Waals surface area contributed by atoms with Crippen molar-refractivity contribution in [3.05, 3.63) is 59.3 Å². The summed E-state index contributed by atoms with van der Waals surface area (Å²) in [6.07, 6.45) is 2.74. The first-order valence-electron chi connectivity index (χ1n) is 8.77. The number of benzene rings is 1. The molecule has 0 saturated heterocycles. The molecule has 2 rings (SSSR count). The maximum Gasteiger partial charge on any atom is 0.416 e. The fourth-order valence-electron chi connectivity index (χ4n) is 2.80. The number of anilines is 1. The molecule has 0 aliphatic rings. The molecule has 0 amide bonds. The smallest absolute Gasteiger partial charge is 0.363 e. The van der Waals surface area contributed by atoms with Gasteiger partial charge in [-0.05, 0) is 42.7 Å². The first-order chi connectivity index (χ1) is 11.9. The molecule has 1 aromatic heterocycles. The van der Waals surface area contributed by atoms with E-state index in [0.29, 0.717) is 0 Å². The molecule has 0 saturated carbocycles. The average Bonchev–Trinajstić information content (AvgIpc) is 2.58. The number of aryl methyl sites for hydroxylation is 1. The number of alkyl halides is 3. The Morgan fingerprint density at radius 1 is 1.04 bits per heavy atom. The van der Waals surface area contributed by atoms with Crippen LogP contribution in [0.1, 0.15) is 61.8 Å². The first-order valence-corrected chi connectivity index (χ1v) is 8.77. The van der Waals surface area contributed by atoms with Gasteiger partial charge in [-0.2, -0.15) is 13.2 Å². The van der Waals surface area contributed by atoms with Crippen molar-refractivity contribution in [2.24, 2.45) is 0 Å². The van der Waals surface area contributed by atoms with E-state index in [1.165, 1.54) is 6.42 Å². The predicted molar refractivity (Wildman–Crippen MR) is 95.5 cm³/mol. The summed E-state index contributed by atoms with van der Waals surface area (Å²) in [7, 11) is 0. The van der Waals surface area contributed by atoms with Gasteiger partial charge in [0.15, 0.2) is 0 Å². The number of rotatable bonds is 8. The third kappa shape index (κ3) is 5.76. The lowest BCUT2D eigenvalue weighted by Crippen LogP contribution is -2.13. The molecule has 5 heteroatoms. The molecule has 136 valence electrons. The van der Waals surface area contributed by atoms with Gasteiger partial charge in [-0.25, -0.2) is 4.98 Å². The standard InChI is InChI=1S/C20H25F3N2/c1-3-4-5-6-9-18(25-19-15(2)8-7-14-24-19)16-10-12-17(13-11-16)20(21,22)23/h7-8,10-14,18H,3-6,9H2,1-2H3,(H,24,25). The van der Waals surface area contributed by atoms with E-state index in [-0.39, 0.29) is 6.04 Å². The Balaban J connectivity index is 2.17. The molecule has 0 radical (unpaired) electrons. The van der Waals surface area contributed by atoms with Gasteiger partial charge in [-0.15, -0.1) is 0 Å². The van der Waals surface area contributed by atoms with Crippen LogP contribution >= 0.6 is 0 Å². The summed E-state index contributed by atoms with van der Waals surface area (Å²) >= 11 is 0. The molecule has 1 atom stereocenters. The Labute approximate surface area is 147 Å². The van der Waals surface area contributed by atoms with Crippen LogP contribution in [-0.2, 0) is 6.18 Å². The Morgan fingerprint density at radius 2 is 1.76 bits per heavy atom. The van der Waals surface area contributed by atoms with Gasteiger partial charge in [0.25, 0.3) is 0 Å². The van der Waals surface area contributed by atoms with E-state index < -0.39 is 11.7 Å². The summed E-state index contributed by atoms with van der Waals surface area (Å²) < 4.78 is 38.3. The molecule has 25 heavy (non-hydrogen) atoms. The number of aromatic nitrogens is 1. The van der Waals surface area contributed by atoms with Gasteiger partial charge in [-0.3, -0.25) is 0 Å². The monoisotopic (exact) mass is 350 g/mol. The van der Waals surface area contributed by atoms with E-state index in [4.69, 9.17) is 0 Å². The van der Waals surface area contributed by atoms with Crippen LogP contribution in [0, 0.1) is 6.92 Å². The summed E-state index contributed by atoms with van der Waals surface area (Å²) in [6.45, 7) is 4.12. The molecule has 2 nitrogen and oxygen atoms in total. The van der Waals surface area contributed by atoms with Crippen molar-refractivity contribution in [1.29, 1.82) is 0 Å².